The molecule has 4 aromatic heterocycles. The molecule has 6 rings (SSSR count). The van der Waals surface area contributed by atoms with Crippen LogP contribution in [0.4, 0.5) is 0 Å². The van der Waals surface area contributed by atoms with Gasteiger partial charge in [-0.15, -0.1) is 11.4 Å². The number of fused-ring (bicyclic) bond motifs is 6. The Morgan fingerprint density at radius 2 is 0.947 bits per heavy atom. The molecule has 0 N–H and O–H groups in total. The monoisotopic (exact) mass is 679 g/mol. The molecule has 0 saturated carbocycles. The standard InChI is InChI=1S/C33H32N4.Pt/c1-5-24-26(7-3)30-19-31-27(8-4)25(6-2)29(37-31)18-16-23-14-12-21-10-9-20-11-13-22(15-17-28(24)36-30)34-32(20)33(21)35-23;/h9-18H,5-8,19H2,1-4H3;/q-2;+2/b17-15-,18-16-;. The summed E-state index contributed by atoms with van der Waals surface area (Å²) in [5, 5.41) is 2.19. The van der Waals surface area contributed by atoms with Crippen LogP contribution in [0, 0.1) is 0 Å². The summed E-state index contributed by atoms with van der Waals surface area (Å²) in [6.07, 6.45) is 13.1. The Morgan fingerprint density at radius 1 is 0.553 bits per heavy atom. The van der Waals surface area contributed by atoms with Crippen LogP contribution in [0.25, 0.3) is 46.1 Å². The Bertz CT molecular complexity index is 1570. The van der Waals surface area contributed by atoms with E-state index in [0.29, 0.717) is 0 Å². The first-order valence-electron chi connectivity index (χ1n) is 13.5. The molecule has 0 unspecified atom stereocenters. The summed E-state index contributed by atoms with van der Waals surface area (Å²) in [4.78, 5) is 20.4. The van der Waals surface area contributed by atoms with Gasteiger partial charge in [0.2, 0.25) is 0 Å². The van der Waals surface area contributed by atoms with Crippen LogP contribution in [0.1, 0.15) is 84.1 Å². The first-order valence-corrected chi connectivity index (χ1v) is 13.5. The van der Waals surface area contributed by atoms with Gasteiger partial charge in [0.15, 0.2) is 0 Å². The second-order valence-electron chi connectivity index (χ2n) is 9.74. The van der Waals surface area contributed by atoms with Crippen molar-refractivity contribution in [3.05, 3.63) is 92.8 Å². The Labute approximate surface area is 239 Å². The van der Waals surface area contributed by atoms with Crippen molar-refractivity contribution in [2.45, 2.75) is 59.8 Å². The van der Waals surface area contributed by atoms with E-state index in [1.54, 1.807) is 0 Å². The van der Waals surface area contributed by atoms with E-state index in [9.17, 15) is 0 Å². The van der Waals surface area contributed by atoms with Gasteiger partial charge in [0.25, 0.3) is 0 Å². The van der Waals surface area contributed by atoms with Gasteiger partial charge >= 0.3 is 21.1 Å². The predicted octanol–water partition coefficient (Wildman–Crippen LogP) is 7.19. The second kappa shape index (κ2) is 10.9. The van der Waals surface area contributed by atoms with Gasteiger partial charge in [-0.2, -0.15) is 11.4 Å². The van der Waals surface area contributed by atoms with Gasteiger partial charge in [-0.1, -0.05) is 86.4 Å². The quantitative estimate of drug-likeness (QED) is 0.185. The summed E-state index contributed by atoms with van der Waals surface area (Å²) in [5.74, 6) is 0. The molecule has 0 saturated heterocycles. The van der Waals surface area contributed by atoms with Crippen LogP contribution in [-0.2, 0) is 53.2 Å². The smallest absolute Gasteiger partial charge is 0.661 e. The first-order chi connectivity index (χ1) is 18.1. The Balaban J connectivity index is 0.00000294. The zero-order valence-electron chi connectivity index (χ0n) is 22.4. The molecule has 4 nitrogen and oxygen atoms in total. The Hall–Kier alpha value is -3.23. The fraction of sp³-hybridized carbons (Fsp3) is 0.273. The van der Waals surface area contributed by atoms with Crippen LogP contribution in [0.3, 0.4) is 0 Å². The van der Waals surface area contributed by atoms with Gasteiger partial charge in [0.1, 0.15) is 0 Å². The van der Waals surface area contributed by atoms with Crippen molar-refractivity contribution in [3.8, 4) is 0 Å². The molecular formula is C33H32N4Pt. The maximum atomic E-state index is 5.17. The van der Waals surface area contributed by atoms with Gasteiger partial charge in [-0.05, 0) is 56.4 Å². The fourth-order valence-electron chi connectivity index (χ4n) is 5.88. The number of aromatic nitrogens is 4. The normalized spacial score (nSPS) is 14.3. The summed E-state index contributed by atoms with van der Waals surface area (Å²) >= 11 is 0. The number of pyridine rings is 2. The van der Waals surface area contributed by atoms with Crippen LogP contribution >= 0.6 is 0 Å². The van der Waals surface area contributed by atoms with Crippen molar-refractivity contribution in [1.29, 1.82) is 0 Å². The molecule has 5 aromatic rings. The van der Waals surface area contributed by atoms with Crippen molar-refractivity contribution in [3.63, 3.8) is 0 Å². The predicted molar refractivity (Wildman–Crippen MR) is 155 cm³/mol. The molecule has 5 heteroatoms. The topological polar surface area (TPSA) is 54.0 Å². The molecule has 5 heterocycles. The molecule has 0 spiro atoms. The average molecular weight is 680 g/mol. The number of benzene rings is 1. The van der Waals surface area contributed by atoms with Crippen LogP contribution in [-0.4, -0.2) is 9.97 Å². The molecular weight excluding hydrogens is 647 g/mol. The fourth-order valence-corrected chi connectivity index (χ4v) is 5.88. The van der Waals surface area contributed by atoms with Crippen molar-refractivity contribution in [2.24, 2.45) is 0 Å². The Morgan fingerprint density at radius 3 is 1.34 bits per heavy atom. The van der Waals surface area contributed by atoms with Gasteiger partial charge in [0, 0.05) is 10.8 Å². The van der Waals surface area contributed by atoms with E-state index in [4.69, 9.17) is 19.9 Å². The minimum atomic E-state index is 0. The van der Waals surface area contributed by atoms with Crippen LogP contribution < -0.4 is 9.97 Å². The van der Waals surface area contributed by atoms with E-state index >= 15 is 0 Å². The second-order valence-corrected chi connectivity index (χ2v) is 9.74. The third-order valence-electron chi connectivity index (χ3n) is 7.69. The molecule has 0 fully saturated rings. The largest absolute Gasteiger partial charge is 2.00 e. The van der Waals surface area contributed by atoms with Crippen molar-refractivity contribution >= 4 is 46.1 Å². The van der Waals surface area contributed by atoms with Crippen LogP contribution in [0.5, 0.6) is 0 Å². The van der Waals surface area contributed by atoms with E-state index in [2.05, 4.69) is 88.4 Å². The average Bonchev–Trinajstić information content (AvgIpc) is 3.45. The van der Waals surface area contributed by atoms with E-state index in [-0.39, 0.29) is 21.1 Å². The first kappa shape index (κ1) is 26.4. The summed E-state index contributed by atoms with van der Waals surface area (Å²) in [7, 11) is 0. The molecule has 0 aliphatic carbocycles. The third kappa shape index (κ3) is 4.50. The summed E-state index contributed by atoms with van der Waals surface area (Å²) in [6.45, 7) is 8.92. The van der Waals surface area contributed by atoms with Crippen LogP contribution in [0.2, 0.25) is 0 Å². The van der Waals surface area contributed by atoms with E-state index < -0.39 is 0 Å². The molecule has 194 valence electrons. The minimum absolute atomic E-state index is 0. The molecule has 1 aromatic carbocycles. The molecule has 38 heavy (non-hydrogen) atoms. The number of rotatable bonds is 4. The van der Waals surface area contributed by atoms with Crippen molar-refractivity contribution in [2.75, 3.05) is 0 Å². The minimum Gasteiger partial charge on any atom is -0.661 e. The summed E-state index contributed by atoms with van der Waals surface area (Å²) in [5.41, 5.74) is 13.5. The van der Waals surface area contributed by atoms with Crippen molar-refractivity contribution in [1.82, 2.24) is 19.9 Å². The molecule has 0 radical (unpaired) electrons. The molecule has 1 aliphatic heterocycles. The molecule has 8 bridgehead atoms. The van der Waals surface area contributed by atoms with Gasteiger partial charge in [-0.3, -0.25) is 0 Å². The van der Waals surface area contributed by atoms with Crippen molar-refractivity contribution < 1.29 is 21.1 Å². The molecule has 1 aliphatic rings. The van der Waals surface area contributed by atoms with Gasteiger partial charge in [-0.25, -0.2) is 9.97 Å². The third-order valence-corrected chi connectivity index (χ3v) is 7.69. The number of hydrogen-bond donors (Lipinski definition) is 0. The zero-order valence-corrected chi connectivity index (χ0v) is 24.7. The maximum Gasteiger partial charge on any atom is 2.00 e. The number of hydrogen-bond acceptors (Lipinski definition) is 2. The van der Waals surface area contributed by atoms with Gasteiger partial charge < -0.3 is 9.97 Å². The van der Waals surface area contributed by atoms with E-state index in [1.807, 2.05) is 0 Å². The Kier molecular flexibility index (Phi) is 7.54. The summed E-state index contributed by atoms with van der Waals surface area (Å²) in [6, 6.07) is 12.7. The van der Waals surface area contributed by atoms with E-state index in [0.717, 1.165) is 88.1 Å². The SMILES string of the molecule is CCc1c2[n-]c(c1CC)Cc1[n-]c(c(CC)c1CC)/C=C\c1ccc3ccc4ccc(nc4c3n1)/C=C\2.[Pt+2]. The van der Waals surface area contributed by atoms with Crippen LogP contribution in [0.15, 0.2) is 36.4 Å². The van der Waals surface area contributed by atoms with Gasteiger partial charge in [0.05, 0.1) is 22.4 Å². The van der Waals surface area contributed by atoms with E-state index in [1.165, 1.54) is 22.3 Å². The summed E-state index contributed by atoms with van der Waals surface area (Å²) < 4.78 is 0. The molecule has 0 atom stereocenters. The maximum absolute atomic E-state index is 5.17. The molecule has 0 amide bonds. The number of nitrogens with zero attached hydrogens (tertiary/aromatic N) is 4. The zero-order chi connectivity index (χ0) is 25.5.